The van der Waals surface area contributed by atoms with Gasteiger partial charge in [-0.2, -0.15) is 0 Å². The summed E-state index contributed by atoms with van der Waals surface area (Å²) in [4.78, 5) is 0. The van der Waals surface area contributed by atoms with Crippen LogP contribution in [-0.4, -0.2) is 0 Å². The van der Waals surface area contributed by atoms with Crippen LogP contribution in [0.4, 0.5) is 0 Å². The molecule has 2 heteroatoms. The van der Waals surface area contributed by atoms with Crippen LogP contribution in [0, 0.1) is 0 Å². The van der Waals surface area contributed by atoms with Crippen LogP contribution < -0.4 is 9.47 Å². The minimum Gasteiger partial charge on any atom is -0.489 e. The van der Waals surface area contributed by atoms with E-state index in [9.17, 15) is 0 Å². The Hall–Kier alpha value is -5.60. The van der Waals surface area contributed by atoms with Gasteiger partial charge in [0, 0.05) is 0 Å². The number of hydrogen-bond donors (Lipinski definition) is 0. The molecule has 6 aromatic rings. The standard InChI is InChI=1S/C43H34O2/c1-3-31-13-17-33(18-14-31)29-44-37-25-21-35(22-26-37)43(41-11-7-5-9-39(41)40-10-6-8-12-42(40)43)36-23-27-38(28-24-36)45-30-34-19-15-32(4-2)16-20-34/h3-28H,1-2,29-30H2. The van der Waals surface area contributed by atoms with Crippen molar-refractivity contribution < 1.29 is 9.47 Å². The number of fused-ring (bicyclic) bond motifs is 3. The molecule has 0 unspecified atom stereocenters. The first-order chi connectivity index (χ1) is 22.2. The topological polar surface area (TPSA) is 18.5 Å². The molecule has 0 spiro atoms. The van der Waals surface area contributed by atoms with Gasteiger partial charge < -0.3 is 9.47 Å². The SMILES string of the molecule is C=Cc1ccc(COc2ccc(C3(c4ccc(OCc5ccc(C=C)cc5)cc4)c4ccccc4-c4ccccc43)cc2)cc1. The molecule has 0 atom stereocenters. The summed E-state index contributed by atoms with van der Waals surface area (Å²) in [6.07, 6.45) is 3.70. The second kappa shape index (κ2) is 12.2. The summed E-state index contributed by atoms with van der Waals surface area (Å²) in [7, 11) is 0. The average Bonchev–Trinajstić information content (AvgIpc) is 3.42. The second-order valence-corrected chi connectivity index (χ2v) is 11.4. The van der Waals surface area contributed by atoms with Crippen LogP contribution in [0.3, 0.4) is 0 Å². The van der Waals surface area contributed by atoms with E-state index in [0.717, 1.165) is 33.8 Å². The van der Waals surface area contributed by atoms with E-state index in [4.69, 9.17) is 9.47 Å². The normalized spacial score (nSPS) is 12.5. The molecule has 45 heavy (non-hydrogen) atoms. The Balaban J connectivity index is 1.23. The number of ether oxygens (including phenoxy) is 2. The molecule has 0 radical (unpaired) electrons. The van der Waals surface area contributed by atoms with Crippen LogP contribution in [0.15, 0.2) is 159 Å². The average molecular weight is 583 g/mol. The van der Waals surface area contributed by atoms with Gasteiger partial charge in [-0.15, -0.1) is 0 Å². The van der Waals surface area contributed by atoms with Gasteiger partial charge in [-0.25, -0.2) is 0 Å². The maximum atomic E-state index is 6.21. The lowest BCUT2D eigenvalue weighted by molar-refractivity contribution is 0.306. The first-order valence-corrected chi connectivity index (χ1v) is 15.3. The van der Waals surface area contributed by atoms with Crippen LogP contribution in [0.2, 0.25) is 0 Å². The largest absolute Gasteiger partial charge is 0.489 e. The van der Waals surface area contributed by atoms with E-state index in [2.05, 4.69) is 159 Å². The fourth-order valence-corrected chi connectivity index (χ4v) is 6.46. The zero-order valence-corrected chi connectivity index (χ0v) is 25.2. The van der Waals surface area contributed by atoms with Gasteiger partial charge in [-0.3, -0.25) is 0 Å². The molecule has 6 aromatic carbocycles. The minimum absolute atomic E-state index is 0.481. The van der Waals surface area contributed by atoms with Crippen molar-refractivity contribution in [1.82, 2.24) is 0 Å². The van der Waals surface area contributed by atoms with Gasteiger partial charge in [0.15, 0.2) is 0 Å². The maximum absolute atomic E-state index is 6.21. The molecule has 0 N–H and O–H groups in total. The highest BCUT2D eigenvalue weighted by Gasteiger charge is 2.45. The molecular formula is C43H34O2. The quantitative estimate of drug-likeness (QED) is 0.160. The fraction of sp³-hybridized carbons (Fsp3) is 0.0698. The highest BCUT2D eigenvalue weighted by molar-refractivity contribution is 5.86. The minimum atomic E-state index is -0.481. The Morgan fingerprint density at radius 1 is 0.444 bits per heavy atom. The van der Waals surface area contributed by atoms with E-state index in [1.807, 2.05) is 12.2 Å². The van der Waals surface area contributed by atoms with Gasteiger partial charge >= 0.3 is 0 Å². The third kappa shape index (κ3) is 5.25. The van der Waals surface area contributed by atoms with Crippen LogP contribution in [0.5, 0.6) is 11.5 Å². The van der Waals surface area contributed by atoms with Gasteiger partial charge in [0.1, 0.15) is 24.7 Å². The first kappa shape index (κ1) is 28.2. The fourth-order valence-electron chi connectivity index (χ4n) is 6.46. The van der Waals surface area contributed by atoms with E-state index < -0.39 is 5.41 Å². The van der Waals surface area contributed by atoms with Gasteiger partial charge in [0.2, 0.25) is 0 Å². The zero-order valence-electron chi connectivity index (χ0n) is 25.2. The Morgan fingerprint density at radius 3 is 1.20 bits per heavy atom. The molecule has 0 fully saturated rings. The molecule has 2 nitrogen and oxygen atoms in total. The van der Waals surface area contributed by atoms with Crippen LogP contribution in [-0.2, 0) is 18.6 Å². The number of rotatable bonds is 10. The summed E-state index contributed by atoms with van der Waals surface area (Å²) in [5.74, 6) is 1.68. The lowest BCUT2D eigenvalue weighted by Crippen LogP contribution is -2.28. The number of benzene rings is 6. The van der Waals surface area contributed by atoms with Crippen LogP contribution in [0.1, 0.15) is 44.5 Å². The van der Waals surface area contributed by atoms with E-state index in [1.165, 1.54) is 33.4 Å². The third-order valence-electron chi connectivity index (χ3n) is 8.77. The predicted molar refractivity (Wildman–Crippen MR) is 185 cm³/mol. The third-order valence-corrected chi connectivity index (χ3v) is 8.77. The smallest absolute Gasteiger partial charge is 0.119 e. The van der Waals surface area contributed by atoms with Crippen LogP contribution >= 0.6 is 0 Å². The lowest BCUT2D eigenvalue weighted by Gasteiger charge is -2.34. The molecule has 0 aliphatic heterocycles. The van der Waals surface area contributed by atoms with Gasteiger partial charge in [-0.05, 0) is 79.9 Å². The first-order valence-electron chi connectivity index (χ1n) is 15.3. The van der Waals surface area contributed by atoms with Gasteiger partial charge in [0.25, 0.3) is 0 Å². The molecule has 1 aliphatic rings. The summed E-state index contributed by atoms with van der Waals surface area (Å²) in [5.41, 5.74) is 11.4. The molecule has 1 aliphatic carbocycles. The molecule has 0 heterocycles. The van der Waals surface area contributed by atoms with Crippen molar-refractivity contribution in [2.24, 2.45) is 0 Å². The van der Waals surface area contributed by atoms with Crippen molar-refractivity contribution in [3.05, 3.63) is 203 Å². The van der Waals surface area contributed by atoms with Crippen molar-refractivity contribution in [3.8, 4) is 22.6 Å². The summed E-state index contributed by atoms with van der Waals surface area (Å²) < 4.78 is 12.4. The molecule has 0 amide bonds. The predicted octanol–water partition coefficient (Wildman–Crippen LogP) is 10.5. The van der Waals surface area contributed by atoms with Gasteiger partial charge in [0.05, 0.1) is 5.41 Å². The molecule has 0 bridgehead atoms. The summed E-state index contributed by atoms with van der Waals surface area (Å²) >= 11 is 0. The van der Waals surface area contributed by atoms with Crippen molar-refractivity contribution in [2.45, 2.75) is 18.6 Å². The van der Waals surface area contributed by atoms with E-state index in [-0.39, 0.29) is 0 Å². The maximum Gasteiger partial charge on any atom is 0.119 e. The Morgan fingerprint density at radius 2 is 0.822 bits per heavy atom. The molecule has 0 saturated heterocycles. The molecule has 218 valence electrons. The van der Waals surface area contributed by atoms with Crippen molar-refractivity contribution in [1.29, 1.82) is 0 Å². The molecular weight excluding hydrogens is 548 g/mol. The van der Waals surface area contributed by atoms with Crippen LogP contribution in [0.25, 0.3) is 23.3 Å². The highest BCUT2D eigenvalue weighted by Crippen LogP contribution is 2.56. The lowest BCUT2D eigenvalue weighted by atomic mass is 9.68. The number of hydrogen-bond acceptors (Lipinski definition) is 2. The van der Waals surface area contributed by atoms with Crippen molar-refractivity contribution in [2.75, 3.05) is 0 Å². The van der Waals surface area contributed by atoms with Crippen molar-refractivity contribution in [3.63, 3.8) is 0 Å². The summed E-state index contributed by atoms with van der Waals surface area (Å²) in [6, 6.07) is 51.3. The monoisotopic (exact) mass is 582 g/mol. The van der Waals surface area contributed by atoms with Gasteiger partial charge in [-0.1, -0.05) is 147 Å². The summed E-state index contributed by atoms with van der Waals surface area (Å²) in [5, 5.41) is 0. The highest BCUT2D eigenvalue weighted by atomic mass is 16.5. The van der Waals surface area contributed by atoms with E-state index in [0.29, 0.717) is 13.2 Å². The van der Waals surface area contributed by atoms with E-state index >= 15 is 0 Å². The molecule has 7 rings (SSSR count). The Bertz CT molecular complexity index is 1800. The molecule has 0 aromatic heterocycles. The summed E-state index contributed by atoms with van der Waals surface area (Å²) in [6.45, 7) is 8.69. The Labute approximate surface area is 265 Å². The Kier molecular flexibility index (Phi) is 7.63. The van der Waals surface area contributed by atoms with Crippen molar-refractivity contribution >= 4 is 12.2 Å². The second-order valence-electron chi connectivity index (χ2n) is 11.4. The van der Waals surface area contributed by atoms with E-state index in [1.54, 1.807) is 0 Å². The molecule has 0 saturated carbocycles. The zero-order chi connectivity index (χ0) is 30.6.